The number of aromatic amines is 1. The molecule has 0 saturated carbocycles. The van der Waals surface area contributed by atoms with Crippen molar-refractivity contribution in [2.24, 2.45) is 9.98 Å². The van der Waals surface area contributed by atoms with E-state index < -0.39 is 0 Å². The summed E-state index contributed by atoms with van der Waals surface area (Å²) in [6.45, 7) is 1.98. The zero-order chi connectivity index (χ0) is 16.8. The van der Waals surface area contributed by atoms with Crippen molar-refractivity contribution in [3.63, 3.8) is 0 Å². The molecular formula is C18H11BrN4O. The maximum atomic E-state index is 10.3. The van der Waals surface area contributed by atoms with Crippen LogP contribution in [0.3, 0.4) is 0 Å². The van der Waals surface area contributed by atoms with Crippen LogP contribution in [0.1, 0.15) is 11.1 Å². The molecule has 0 saturated heterocycles. The summed E-state index contributed by atoms with van der Waals surface area (Å²) < 4.78 is 0.858. The van der Waals surface area contributed by atoms with Crippen LogP contribution in [-0.2, 0) is 0 Å². The Morgan fingerprint density at radius 3 is 2.75 bits per heavy atom. The molecule has 24 heavy (non-hydrogen) atoms. The lowest BCUT2D eigenvalue weighted by Gasteiger charge is -2.00. The molecule has 116 valence electrons. The van der Waals surface area contributed by atoms with E-state index in [2.05, 4.69) is 37.0 Å². The first-order valence-electron chi connectivity index (χ1n) is 7.26. The van der Waals surface area contributed by atoms with Crippen molar-refractivity contribution in [1.82, 2.24) is 4.98 Å². The normalized spacial score (nSPS) is 14.7. The Balaban J connectivity index is 2.04. The maximum Gasteiger partial charge on any atom is 0.198 e. The van der Waals surface area contributed by atoms with Gasteiger partial charge in [0.25, 0.3) is 0 Å². The molecule has 0 bridgehead atoms. The third kappa shape index (κ3) is 2.22. The Labute approximate surface area is 145 Å². The van der Waals surface area contributed by atoms with E-state index in [0.717, 1.165) is 31.7 Å². The molecular weight excluding hydrogens is 368 g/mol. The van der Waals surface area contributed by atoms with Crippen molar-refractivity contribution in [1.29, 1.82) is 5.26 Å². The lowest BCUT2D eigenvalue weighted by molar-refractivity contribution is 0.457. The van der Waals surface area contributed by atoms with E-state index in [9.17, 15) is 10.4 Å². The van der Waals surface area contributed by atoms with Crippen molar-refractivity contribution in [3.8, 4) is 11.9 Å². The van der Waals surface area contributed by atoms with E-state index in [-0.39, 0.29) is 11.5 Å². The number of halogens is 1. The highest BCUT2D eigenvalue weighted by atomic mass is 79.9. The van der Waals surface area contributed by atoms with Crippen LogP contribution < -0.4 is 10.7 Å². The number of fused-ring (bicyclic) bond motifs is 2. The highest BCUT2D eigenvalue weighted by molar-refractivity contribution is 9.10. The van der Waals surface area contributed by atoms with E-state index >= 15 is 0 Å². The van der Waals surface area contributed by atoms with E-state index in [4.69, 9.17) is 0 Å². The van der Waals surface area contributed by atoms with Gasteiger partial charge >= 0.3 is 0 Å². The van der Waals surface area contributed by atoms with Crippen molar-refractivity contribution in [2.45, 2.75) is 6.92 Å². The largest absolute Gasteiger partial charge is 0.494 e. The fourth-order valence-electron chi connectivity index (χ4n) is 2.80. The number of hydrogen-bond acceptors (Lipinski definition) is 4. The monoisotopic (exact) mass is 378 g/mol. The number of nitrogens with one attached hydrogen (secondary N) is 1. The predicted molar refractivity (Wildman–Crippen MR) is 93.7 cm³/mol. The summed E-state index contributed by atoms with van der Waals surface area (Å²) in [7, 11) is 0. The van der Waals surface area contributed by atoms with Gasteiger partial charge in [-0.25, -0.2) is 9.98 Å². The molecule has 1 aliphatic heterocycles. The Kier molecular flexibility index (Phi) is 3.25. The van der Waals surface area contributed by atoms with Crippen LogP contribution in [0.15, 0.2) is 56.7 Å². The van der Waals surface area contributed by atoms with Crippen LogP contribution in [0, 0.1) is 18.3 Å². The van der Waals surface area contributed by atoms with E-state index in [1.165, 1.54) is 0 Å². The number of H-pyrrole nitrogens is 1. The fraction of sp³-hybridized carbons (Fsp3) is 0.0556. The number of hydrogen-bond donors (Lipinski definition) is 2. The molecule has 1 aliphatic rings. The summed E-state index contributed by atoms with van der Waals surface area (Å²) >= 11 is 3.42. The Bertz CT molecular complexity index is 1200. The summed E-state index contributed by atoms with van der Waals surface area (Å²) in [5.74, 6) is 0.249. The third-order valence-electron chi connectivity index (χ3n) is 3.91. The molecule has 0 fully saturated rings. The van der Waals surface area contributed by atoms with E-state index in [1.807, 2.05) is 43.3 Å². The zero-order valence-corrected chi connectivity index (χ0v) is 14.2. The van der Waals surface area contributed by atoms with Gasteiger partial charge in [0.15, 0.2) is 11.7 Å². The molecule has 3 aromatic rings. The molecule has 0 spiro atoms. The molecule has 2 aromatic carbocycles. The minimum absolute atomic E-state index is 0.0651. The second kappa shape index (κ2) is 5.32. The minimum Gasteiger partial charge on any atom is -0.494 e. The van der Waals surface area contributed by atoms with Crippen LogP contribution in [0.2, 0.25) is 0 Å². The number of allylic oxidation sites excluding steroid dienone is 1. The molecule has 6 heteroatoms. The SMILES string of the molecule is Cc1ccc2c(c1)=NC(=C(C#N)c1c(O)[nH]c3ccc(Br)cc13)N=2. The summed E-state index contributed by atoms with van der Waals surface area (Å²) in [5.41, 5.74) is 2.48. The standard InChI is InChI=1S/C18H11BrN4O/c1-9-2-4-14-15(6-9)22-17(21-14)12(8-20)16-11-7-10(19)3-5-13(11)23-18(16)24/h2-7,23-24H,1H3. The van der Waals surface area contributed by atoms with Gasteiger partial charge in [-0.05, 0) is 42.8 Å². The van der Waals surface area contributed by atoms with Crippen LogP contribution in [0.25, 0.3) is 16.5 Å². The summed E-state index contributed by atoms with van der Waals surface area (Å²) in [6, 6.07) is 13.5. The number of rotatable bonds is 1. The fourth-order valence-corrected chi connectivity index (χ4v) is 3.16. The maximum absolute atomic E-state index is 10.3. The quantitative estimate of drug-likeness (QED) is 0.637. The average Bonchev–Trinajstić information content (AvgIpc) is 3.09. The van der Waals surface area contributed by atoms with Crippen LogP contribution in [0.5, 0.6) is 5.88 Å². The molecule has 2 heterocycles. The Morgan fingerprint density at radius 2 is 1.96 bits per heavy atom. The molecule has 2 N–H and O–H groups in total. The van der Waals surface area contributed by atoms with Crippen LogP contribution >= 0.6 is 15.9 Å². The van der Waals surface area contributed by atoms with Gasteiger partial charge in [-0.15, -0.1) is 0 Å². The second-order valence-electron chi connectivity index (χ2n) is 5.56. The molecule has 0 radical (unpaired) electrons. The van der Waals surface area contributed by atoms with Crippen molar-refractivity contribution >= 4 is 32.4 Å². The van der Waals surface area contributed by atoms with Crippen molar-refractivity contribution < 1.29 is 5.11 Å². The molecule has 0 atom stereocenters. The Morgan fingerprint density at radius 1 is 1.17 bits per heavy atom. The van der Waals surface area contributed by atoms with Crippen LogP contribution in [-0.4, -0.2) is 10.1 Å². The molecule has 4 rings (SSSR count). The van der Waals surface area contributed by atoms with Gasteiger partial charge < -0.3 is 10.1 Å². The van der Waals surface area contributed by atoms with Gasteiger partial charge in [-0.1, -0.05) is 22.0 Å². The van der Waals surface area contributed by atoms with Crippen LogP contribution in [0.4, 0.5) is 0 Å². The molecule has 1 aromatic heterocycles. The predicted octanol–water partition coefficient (Wildman–Crippen LogP) is 3.09. The van der Waals surface area contributed by atoms with Gasteiger partial charge in [0.2, 0.25) is 0 Å². The first-order chi connectivity index (χ1) is 11.6. The third-order valence-corrected chi connectivity index (χ3v) is 4.40. The smallest absolute Gasteiger partial charge is 0.198 e. The van der Waals surface area contributed by atoms with Crippen molar-refractivity contribution in [3.05, 3.63) is 68.5 Å². The first kappa shape index (κ1) is 14.7. The van der Waals surface area contributed by atoms with Gasteiger partial charge in [0.05, 0.1) is 16.3 Å². The van der Waals surface area contributed by atoms with Gasteiger partial charge in [0.1, 0.15) is 11.6 Å². The number of benzene rings is 2. The summed E-state index contributed by atoms with van der Waals surface area (Å²) in [6.07, 6.45) is 0. The van der Waals surface area contributed by atoms with Gasteiger partial charge in [0, 0.05) is 15.4 Å². The van der Waals surface area contributed by atoms with Gasteiger partial charge in [-0.3, -0.25) is 0 Å². The zero-order valence-electron chi connectivity index (χ0n) is 12.6. The summed E-state index contributed by atoms with van der Waals surface area (Å²) in [4.78, 5) is 11.8. The van der Waals surface area contributed by atoms with E-state index in [0.29, 0.717) is 11.4 Å². The number of aromatic nitrogens is 1. The Hall–Kier alpha value is -2.91. The number of aromatic hydroxyl groups is 1. The molecule has 0 aliphatic carbocycles. The lowest BCUT2D eigenvalue weighted by Crippen LogP contribution is -2.20. The average molecular weight is 379 g/mol. The topological polar surface area (TPSA) is 84.5 Å². The summed E-state index contributed by atoms with van der Waals surface area (Å²) in [5, 5.41) is 22.2. The number of nitrogens with zero attached hydrogens (tertiary/aromatic N) is 3. The van der Waals surface area contributed by atoms with Crippen molar-refractivity contribution in [2.75, 3.05) is 0 Å². The second-order valence-corrected chi connectivity index (χ2v) is 6.48. The molecule has 0 amide bonds. The van der Waals surface area contributed by atoms with E-state index in [1.54, 1.807) is 0 Å². The number of aryl methyl sites for hydroxylation is 1. The highest BCUT2D eigenvalue weighted by Gasteiger charge is 2.20. The molecule has 5 nitrogen and oxygen atoms in total. The molecule has 0 unspecified atom stereocenters. The number of nitriles is 1. The minimum atomic E-state index is -0.0651. The first-order valence-corrected chi connectivity index (χ1v) is 8.05. The lowest BCUT2D eigenvalue weighted by atomic mass is 10.1. The van der Waals surface area contributed by atoms with Gasteiger partial charge in [-0.2, -0.15) is 5.26 Å². The highest BCUT2D eigenvalue weighted by Crippen LogP contribution is 2.36.